The van der Waals surface area contributed by atoms with Gasteiger partial charge in [0, 0.05) is 5.69 Å². The highest BCUT2D eigenvalue weighted by Crippen LogP contribution is 2.40. The molecule has 0 aromatic heterocycles. The quantitative estimate of drug-likeness (QED) is 0.213. The van der Waals surface area contributed by atoms with Gasteiger partial charge in [-0.05, 0) is 30.7 Å². The third-order valence-corrected chi connectivity index (χ3v) is 5.81. The van der Waals surface area contributed by atoms with Gasteiger partial charge in [0.1, 0.15) is 23.0 Å². The molecule has 0 saturated carbocycles. The predicted molar refractivity (Wildman–Crippen MR) is 121 cm³/mol. The molecule has 0 fully saturated rings. The fourth-order valence-corrected chi connectivity index (χ4v) is 3.23. The van der Waals surface area contributed by atoms with E-state index in [4.69, 9.17) is 38.7 Å². The van der Waals surface area contributed by atoms with E-state index < -0.39 is 70.8 Å². The van der Waals surface area contributed by atoms with Crippen LogP contribution < -0.4 is 21.1 Å². The van der Waals surface area contributed by atoms with Crippen molar-refractivity contribution in [3.8, 4) is 5.75 Å². The van der Waals surface area contributed by atoms with E-state index >= 15 is 0 Å². The first kappa shape index (κ1) is 32.5. The molecule has 0 spiro atoms. The van der Waals surface area contributed by atoms with Gasteiger partial charge in [0.05, 0.1) is 10.0 Å². The van der Waals surface area contributed by atoms with Gasteiger partial charge < -0.3 is 25.6 Å². The monoisotopic (exact) mass is 599 g/mol. The van der Waals surface area contributed by atoms with Gasteiger partial charge >= 0.3 is 26.2 Å². The maximum Gasteiger partial charge on any atom is 0.461 e. The zero-order valence-corrected chi connectivity index (χ0v) is 20.7. The summed E-state index contributed by atoms with van der Waals surface area (Å²) in [4.78, 5) is 40.2. The molecule has 0 aliphatic carbocycles. The fourth-order valence-electron chi connectivity index (χ4n) is 2.19. The highest BCUT2D eigenvalue weighted by atomic mass is 35.5. The summed E-state index contributed by atoms with van der Waals surface area (Å²) in [5.41, 5.74) is 3.70. The number of hydrogen-bond donors (Lipinski definition) is 5. The van der Waals surface area contributed by atoms with E-state index in [1.54, 1.807) is 12.2 Å². The van der Waals surface area contributed by atoms with Gasteiger partial charge in [-0.2, -0.15) is 17.6 Å². The Morgan fingerprint density at radius 3 is 2.00 bits per heavy atom. The molecule has 1 unspecified atom stereocenters. The molecule has 37 heavy (non-hydrogen) atoms. The van der Waals surface area contributed by atoms with Gasteiger partial charge in [0.15, 0.2) is 5.75 Å². The summed E-state index contributed by atoms with van der Waals surface area (Å²) in [6.07, 6.45) is -8.73. The van der Waals surface area contributed by atoms with Crippen molar-refractivity contribution in [3.63, 3.8) is 0 Å². The zero-order chi connectivity index (χ0) is 28.7. The van der Waals surface area contributed by atoms with Crippen molar-refractivity contribution in [2.45, 2.75) is 31.7 Å². The summed E-state index contributed by atoms with van der Waals surface area (Å²) in [6, 6.07) is 2.92. The summed E-state index contributed by atoms with van der Waals surface area (Å²) in [6.45, 7) is 1.63. The molecule has 2 aromatic rings. The fraction of sp³-hybridized carbons (Fsp3) is 0.263. The lowest BCUT2D eigenvalue weighted by Gasteiger charge is -2.19. The van der Waals surface area contributed by atoms with Crippen LogP contribution in [0, 0.1) is 11.6 Å². The number of amides is 3. The minimum atomic E-state index is -4.88. The Morgan fingerprint density at radius 1 is 1.14 bits per heavy atom. The second-order valence-corrected chi connectivity index (χ2v) is 9.46. The van der Waals surface area contributed by atoms with Crippen LogP contribution in [-0.2, 0) is 4.57 Å². The van der Waals surface area contributed by atoms with Crippen LogP contribution in [-0.4, -0.2) is 40.0 Å². The first-order valence-corrected chi connectivity index (χ1v) is 12.1. The molecule has 0 aliphatic heterocycles. The summed E-state index contributed by atoms with van der Waals surface area (Å²) in [5.74, 6) is -5.81. The third-order valence-electron chi connectivity index (χ3n) is 4.02. The number of benzene rings is 2. The van der Waals surface area contributed by atoms with Crippen LogP contribution in [0.5, 0.6) is 5.75 Å². The number of nitrogens with one attached hydrogen (secondary N) is 2. The Hall–Kier alpha value is -2.55. The molecule has 206 valence electrons. The number of carbonyl (C=O) groups is 2. The Bertz CT molecular complexity index is 1140. The lowest BCUT2D eigenvalue weighted by atomic mass is 10.2. The summed E-state index contributed by atoms with van der Waals surface area (Å²) in [7, 11) is -3.98. The average Bonchev–Trinajstić information content (AvgIpc) is 2.75. The van der Waals surface area contributed by atoms with E-state index in [0.29, 0.717) is 6.42 Å². The number of alkyl halides is 4. The standard InChI is InChI=1S/C16H8Cl2F6N2O3.C3H10NO3P/c17-7-4-6(5-8(18)12(7)29-16(23,24)14(21)22)25-15(28)26-13(27)11-9(19)2-1-3-10(11)20;1-2-3(4)8(5,6)7/h1-5,14H,(H2,25,26,27,28);3H,2,4H2,1H3,(H2,5,6,7). The number of halogens is 8. The molecule has 0 aliphatic rings. The van der Waals surface area contributed by atoms with Gasteiger partial charge in [0.2, 0.25) is 0 Å². The minimum Gasteiger partial charge on any atom is -0.425 e. The van der Waals surface area contributed by atoms with Crippen molar-refractivity contribution >= 4 is 48.4 Å². The highest BCUT2D eigenvalue weighted by molar-refractivity contribution is 7.52. The van der Waals surface area contributed by atoms with Crippen molar-refractivity contribution in [1.29, 1.82) is 0 Å². The van der Waals surface area contributed by atoms with Crippen molar-refractivity contribution in [3.05, 3.63) is 57.6 Å². The smallest absolute Gasteiger partial charge is 0.425 e. The third kappa shape index (κ3) is 9.68. The topological polar surface area (TPSA) is 151 Å². The zero-order valence-electron chi connectivity index (χ0n) is 18.3. The van der Waals surface area contributed by atoms with Gasteiger partial charge in [0.25, 0.3) is 5.91 Å². The van der Waals surface area contributed by atoms with E-state index in [-0.39, 0.29) is 5.69 Å². The number of hydrogen-bond acceptors (Lipinski definition) is 5. The molecular weight excluding hydrogens is 582 g/mol. The largest absolute Gasteiger partial charge is 0.461 e. The second kappa shape index (κ2) is 13.3. The van der Waals surface area contributed by atoms with Gasteiger partial charge in [-0.1, -0.05) is 36.2 Å². The van der Waals surface area contributed by atoms with Crippen LogP contribution in [0.25, 0.3) is 0 Å². The number of nitrogens with two attached hydrogens (primary N) is 1. The van der Waals surface area contributed by atoms with Crippen LogP contribution >= 0.6 is 30.8 Å². The Kier molecular flexibility index (Phi) is 11.7. The van der Waals surface area contributed by atoms with Crippen molar-refractivity contribution < 1.29 is 55.0 Å². The summed E-state index contributed by atoms with van der Waals surface area (Å²) < 4.78 is 91.4. The van der Waals surface area contributed by atoms with E-state index in [9.17, 15) is 40.5 Å². The molecule has 3 amide bonds. The van der Waals surface area contributed by atoms with Crippen molar-refractivity contribution in [2.75, 3.05) is 5.32 Å². The lowest BCUT2D eigenvalue weighted by Crippen LogP contribution is -2.35. The maximum absolute atomic E-state index is 13.5. The number of anilines is 1. The summed E-state index contributed by atoms with van der Waals surface area (Å²) >= 11 is 11.3. The lowest BCUT2D eigenvalue weighted by molar-refractivity contribution is -0.253. The first-order chi connectivity index (χ1) is 16.9. The average molecular weight is 600 g/mol. The number of urea groups is 1. The van der Waals surface area contributed by atoms with Crippen LogP contribution in [0.4, 0.5) is 36.8 Å². The molecule has 6 N–H and O–H groups in total. The molecule has 0 bridgehead atoms. The Balaban J connectivity index is 0.000000738. The van der Waals surface area contributed by atoms with Crippen molar-refractivity contribution in [2.24, 2.45) is 5.73 Å². The van der Waals surface area contributed by atoms with Crippen molar-refractivity contribution in [1.82, 2.24) is 5.32 Å². The van der Waals surface area contributed by atoms with E-state index in [1.165, 1.54) is 0 Å². The first-order valence-electron chi connectivity index (χ1n) is 9.61. The van der Waals surface area contributed by atoms with Crippen LogP contribution in [0.1, 0.15) is 23.7 Å². The highest BCUT2D eigenvalue weighted by Gasteiger charge is 2.45. The van der Waals surface area contributed by atoms with E-state index in [0.717, 1.165) is 30.3 Å². The van der Waals surface area contributed by atoms with E-state index in [2.05, 4.69) is 4.74 Å². The van der Waals surface area contributed by atoms with Crippen LogP contribution in [0.2, 0.25) is 10.0 Å². The molecule has 1 atom stereocenters. The molecular formula is C19H18Cl2F6N3O6P. The molecule has 2 rings (SSSR count). The molecule has 18 heteroatoms. The van der Waals surface area contributed by atoms with Gasteiger partial charge in [-0.15, -0.1) is 0 Å². The Morgan fingerprint density at radius 2 is 1.62 bits per heavy atom. The molecule has 0 radical (unpaired) electrons. The maximum atomic E-state index is 13.5. The van der Waals surface area contributed by atoms with Gasteiger partial charge in [-0.25, -0.2) is 13.6 Å². The predicted octanol–water partition coefficient (Wildman–Crippen LogP) is 5.33. The minimum absolute atomic E-state index is 0.271. The SMILES string of the molecule is CCC(N)P(=O)(O)O.O=C(NC(=O)c1c(F)cccc1F)Nc1cc(Cl)c(OC(F)(F)C(F)F)c(Cl)c1. The summed E-state index contributed by atoms with van der Waals surface area (Å²) in [5, 5.41) is 2.29. The number of ether oxygens (including phenoxy) is 1. The van der Waals surface area contributed by atoms with Gasteiger partial charge in [-0.3, -0.25) is 14.7 Å². The Labute approximate surface area is 215 Å². The molecule has 2 aromatic carbocycles. The molecule has 9 nitrogen and oxygen atoms in total. The van der Waals surface area contributed by atoms with Crippen LogP contribution in [0.15, 0.2) is 30.3 Å². The second-order valence-electron chi connectivity index (χ2n) is 6.80. The molecule has 0 heterocycles. The number of carbonyl (C=O) groups excluding carboxylic acids is 2. The normalized spacial score (nSPS) is 12.4. The van der Waals surface area contributed by atoms with Crippen LogP contribution in [0.3, 0.4) is 0 Å². The van der Waals surface area contributed by atoms with E-state index in [1.807, 2.05) is 5.32 Å². The number of imide groups is 1. The number of rotatable bonds is 7. The molecule has 0 saturated heterocycles.